The van der Waals surface area contributed by atoms with Gasteiger partial charge in [0.05, 0.1) is 11.3 Å². The van der Waals surface area contributed by atoms with Gasteiger partial charge in [-0.15, -0.1) is 0 Å². The number of aryl methyl sites for hydroxylation is 3. The molecule has 0 aliphatic heterocycles. The highest BCUT2D eigenvalue weighted by atomic mass is 35.5. The molecule has 0 saturated heterocycles. The molecule has 0 fully saturated rings. The summed E-state index contributed by atoms with van der Waals surface area (Å²) in [5, 5.41) is 4.47. The Morgan fingerprint density at radius 3 is 2.53 bits per heavy atom. The van der Waals surface area contributed by atoms with Crippen molar-refractivity contribution in [2.75, 3.05) is 0 Å². The maximum atomic E-state index is 10.9. The van der Waals surface area contributed by atoms with Crippen LogP contribution in [-0.2, 0) is 0 Å². The smallest absolute Gasteiger partial charge is 0.159 e. The van der Waals surface area contributed by atoms with Gasteiger partial charge in [0.15, 0.2) is 12.1 Å². The Hall–Kier alpha value is -1.75. The topological polar surface area (TPSA) is 60.7 Å². The molecule has 0 aliphatic rings. The maximum Gasteiger partial charge on any atom is 0.159 e. The lowest BCUT2D eigenvalue weighted by Crippen LogP contribution is -2.03. The minimum atomic E-state index is 0.273. The zero-order chi connectivity index (χ0) is 12.6. The van der Waals surface area contributed by atoms with Gasteiger partial charge in [0.2, 0.25) is 0 Å². The first kappa shape index (κ1) is 11.7. The van der Waals surface area contributed by atoms with E-state index >= 15 is 0 Å². The van der Waals surface area contributed by atoms with E-state index in [-0.39, 0.29) is 5.15 Å². The predicted octanol–water partition coefficient (Wildman–Crippen LogP) is 2.05. The molecule has 0 aromatic carbocycles. The third-order valence-corrected chi connectivity index (χ3v) is 2.70. The van der Waals surface area contributed by atoms with Crippen LogP contribution in [0.15, 0.2) is 6.07 Å². The fourth-order valence-electron chi connectivity index (χ4n) is 1.60. The van der Waals surface area contributed by atoms with E-state index in [0.717, 1.165) is 5.69 Å². The molecule has 5 nitrogen and oxygen atoms in total. The second-order valence-electron chi connectivity index (χ2n) is 3.73. The van der Waals surface area contributed by atoms with Gasteiger partial charge in [0.25, 0.3) is 0 Å². The largest absolute Gasteiger partial charge is 0.298 e. The fourth-order valence-corrected chi connectivity index (χ4v) is 1.91. The molecule has 0 N–H and O–H groups in total. The number of carbonyl (C=O) groups is 1. The van der Waals surface area contributed by atoms with Crippen molar-refractivity contribution in [1.82, 2.24) is 19.7 Å². The van der Waals surface area contributed by atoms with E-state index in [2.05, 4.69) is 15.1 Å². The van der Waals surface area contributed by atoms with Crippen LogP contribution in [0.5, 0.6) is 0 Å². The molecule has 17 heavy (non-hydrogen) atoms. The number of aldehydes is 1. The minimum absolute atomic E-state index is 0.273. The van der Waals surface area contributed by atoms with Crippen molar-refractivity contribution >= 4 is 17.9 Å². The number of halogens is 1. The molecule has 0 saturated carbocycles. The van der Waals surface area contributed by atoms with E-state index in [0.29, 0.717) is 29.2 Å². The normalized spacial score (nSPS) is 10.6. The molecule has 0 unspecified atom stereocenters. The van der Waals surface area contributed by atoms with Crippen LogP contribution >= 0.6 is 11.6 Å². The zero-order valence-corrected chi connectivity index (χ0v) is 10.5. The van der Waals surface area contributed by atoms with Crippen LogP contribution < -0.4 is 0 Å². The van der Waals surface area contributed by atoms with Crippen molar-refractivity contribution in [2.24, 2.45) is 0 Å². The van der Waals surface area contributed by atoms with Gasteiger partial charge in [0, 0.05) is 11.8 Å². The number of nitrogens with zero attached hydrogens (tertiary/aromatic N) is 4. The number of hydrogen-bond acceptors (Lipinski definition) is 4. The molecular weight excluding hydrogens is 240 g/mol. The number of hydrogen-bond donors (Lipinski definition) is 0. The summed E-state index contributed by atoms with van der Waals surface area (Å²) >= 11 is 6.08. The number of aromatic nitrogens is 4. The van der Waals surface area contributed by atoms with Gasteiger partial charge >= 0.3 is 0 Å². The van der Waals surface area contributed by atoms with E-state index < -0.39 is 0 Å². The zero-order valence-electron chi connectivity index (χ0n) is 9.73. The van der Waals surface area contributed by atoms with Crippen LogP contribution in [0.4, 0.5) is 0 Å². The van der Waals surface area contributed by atoms with Gasteiger partial charge in [-0.3, -0.25) is 4.79 Å². The van der Waals surface area contributed by atoms with Crippen molar-refractivity contribution in [3.8, 4) is 5.82 Å². The monoisotopic (exact) mass is 250 g/mol. The van der Waals surface area contributed by atoms with Crippen molar-refractivity contribution in [1.29, 1.82) is 0 Å². The Balaban J connectivity index is 2.64. The first-order valence-corrected chi connectivity index (χ1v) is 5.43. The van der Waals surface area contributed by atoms with Crippen LogP contribution in [0, 0.1) is 20.8 Å². The first-order valence-electron chi connectivity index (χ1n) is 5.06. The highest BCUT2D eigenvalue weighted by Crippen LogP contribution is 2.21. The van der Waals surface area contributed by atoms with Crippen LogP contribution in [-0.4, -0.2) is 26.0 Å². The summed E-state index contributed by atoms with van der Waals surface area (Å²) in [7, 11) is 0. The number of rotatable bonds is 2. The lowest BCUT2D eigenvalue weighted by molar-refractivity contribution is 0.112. The van der Waals surface area contributed by atoms with Crippen molar-refractivity contribution < 1.29 is 4.79 Å². The molecule has 0 bridgehead atoms. The third kappa shape index (κ3) is 2.06. The van der Waals surface area contributed by atoms with E-state index in [9.17, 15) is 4.79 Å². The van der Waals surface area contributed by atoms with Gasteiger partial charge in [-0.05, 0) is 20.8 Å². The Bertz CT molecular complexity index is 571. The van der Waals surface area contributed by atoms with Crippen LogP contribution in [0.25, 0.3) is 5.82 Å². The second-order valence-corrected chi connectivity index (χ2v) is 4.09. The molecule has 0 aliphatic carbocycles. The molecule has 2 heterocycles. The molecule has 0 spiro atoms. The Morgan fingerprint density at radius 2 is 2.00 bits per heavy atom. The Kier molecular flexibility index (Phi) is 2.93. The molecule has 88 valence electrons. The minimum Gasteiger partial charge on any atom is -0.298 e. The summed E-state index contributed by atoms with van der Waals surface area (Å²) in [4.78, 5) is 19.3. The van der Waals surface area contributed by atoms with Gasteiger partial charge in [-0.1, -0.05) is 11.6 Å². The summed E-state index contributed by atoms with van der Waals surface area (Å²) in [5.74, 6) is 1.20. The lowest BCUT2D eigenvalue weighted by Gasteiger charge is -2.04. The summed E-state index contributed by atoms with van der Waals surface area (Å²) < 4.78 is 1.45. The Labute approximate surface area is 103 Å². The van der Waals surface area contributed by atoms with Crippen LogP contribution in [0.1, 0.15) is 27.6 Å². The summed E-state index contributed by atoms with van der Waals surface area (Å²) in [6.45, 7) is 5.39. The molecule has 0 radical (unpaired) electrons. The van der Waals surface area contributed by atoms with Gasteiger partial charge in [-0.2, -0.15) is 5.10 Å². The molecule has 2 rings (SSSR count). The summed E-state index contributed by atoms with van der Waals surface area (Å²) in [6, 6.07) is 1.76. The fraction of sp³-hybridized carbons (Fsp3) is 0.273. The highest BCUT2D eigenvalue weighted by molar-refractivity contribution is 6.32. The van der Waals surface area contributed by atoms with Crippen LogP contribution in [0.2, 0.25) is 5.15 Å². The summed E-state index contributed by atoms with van der Waals surface area (Å²) in [5.41, 5.74) is 1.80. The lowest BCUT2D eigenvalue weighted by atomic mass is 10.3. The second kappa shape index (κ2) is 4.25. The average Bonchev–Trinajstić information content (AvgIpc) is 2.52. The Morgan fingerprint density at radius 1 is 1.29 bits per heavy atom. The molecule has 0 amide bonds. The van der Waals surface area contributed by atoms with E-state index in [1.165, 1.54) is 4.68 Å². The standard InChI is InChI=1S/C11H11ClN4O/c1-6-4-10(14-8(3)13-6)16-11(12)9(5-17)7(2)15-16/h4-5H,1-3H3. The van der Waals surface area contributed by atoms with Crippen molar-refractivity contribution in [3.05, 3.63) is 34.0 Å². The summed E-state index contributed by atoms with van der Waals surface area (Å²) in [6.07, 6.45) is 0.696. The van der Waals surface area contributed by atoms with Gasteiger partial charge in [0.1, 0.15) is 11.0 Å². The van der Waals surface area contributed by atoms with Gasteiger partial charge < -0.3 is 0 Å². The predicted molar refractivity (Wildman–Crippen MR) is 63.8 cm³/mol. The average molecular weight is 251 g/mol. The van der Waals surface area contributed by atoms with Gasteiger partial charge in [-0.25, -0.2) is 14.6 Å². The SMILES string of the molecule is Cc1cc(-n2nc(C)c(C=O)c2Cl)nc(C)n1. The first-order chi connectivity index (χ1) is 8.02. The van der Waals surface area contributed by atoms with Crippen LogP contribution in [0.3, 0.4) is 0 Å². The highest BCUT2D eigenvalue weighted by Gasteiger charge is 2.15. The molecular formula is C11H11ClN4O. The maximum absolute atomic E-state index is 10.9. The third-order valence-electron chi connectivity index (χ3n) is 2.34. The van der Waals surface area contributed by atoms with Crippen molar-refractivity contribution in [2.45, 2.75) is 20.8 Å². The molecule has 6 heteroatoms. The van der Waals surface area contributed by atoms with E-state index in [1.807, 2.05) is 6.92 Å². The quantitative estimate of drug-likeness (QED) is 0.766. The molecule has 2 aromatic heterocycles. The van der Waals surface area contributed by atoms with E-state index in [1.54, 1.807) is 19.9 Å². The molecule has 2 aromatic rings. The number of carbonyl (C=O) groups excluding carboxylic acids is 1. The van der Waals surface area contributed by atoms with Crippen molar-refractivity contribution in [3.63, 3.8) is 0 Å². The van der Waals surface area contributed by atoms with E-state index in [4.69, 9.17) is 11.6 Å². The molecule has 0 atom stereocenters.